The summed E-state index contributed by atoms with van der Waals surface area (Å²) in [6, 6.07) is 10.3. The monoisotopic (exact) mass is 302 g/mol. The second kappa shape index (κ2) is 6.37. The van der Waals surface area contributed by atoms with Gasteiger partial charge in [-0.25, -0.2) is 4.98 Å². The van der Waals surface area contributed by atoms with E-state index >= 15 is 0 Å². The summed E-state index contributed by atoms with van der Waals surface area (Å²) in [5.74, 6) is 0. The fourth-order valence-corrected chi connectivity index (χ4v) is 3.52. The number of nitrogens with zero attached hydrogens (tertiary/aromatic N) is 2. The summed E-state index contributed by atoms with van der Waals surface area (Å²) in [5, 5.41) is 0.905. The van der Waals surface area contributed by atoms with Crippen LogP contribution in [0.3, 0.4) is 0 Å². The molecule has 21 heavy (non-hydrogen) atoms. The zero-order valence-electron chi connectivity index (χ0n) is 12.0. The van der Waals surface area contributed by atoms with Gasteiger partial charge < -0.3 is 9.64 Å². The first-order valence-electron chi connectivity index (χ1n) is 7.11. The van der Waals surface area contributed by atoms with Crippen LogP contribution in [-0.2, 0) is 4.74 Å². The van der Waals surface area contributed by atoms with Gasteiger partial charge in [0.25, 0.3) is 0 Å². The lowest BCUT2D eigenvalue weighted by atomic mass is 10.1. The number of hydrogen-bond acceptors (Lipinski definition) is 5. The molecule has 2 heterocycles. The second-order valence-electron chi connectivity index (χ2n) is 5.15. The lowest BCUT2D eigenvalue weighted by Gasteiger charge is -2.30. The van der Waals surface area contributed by atoms with Crippen LogP contribution in [0.4, 0.5) is 5.13 Å². The third-order valence-corrected chi connectivity index (χ3v) is 4.91. The van der Waals surface area contributed by atoms with Crippen LogP contribution in [0.15, 0.2) is 30.3 Å². The predicted octanol–water partition coefficient (Wildman–Crippen LogP) is 3.24. The molecule has 4 nitrogen and oxygen atoms in total. The van der Waals surface area contributed by atoms with Crippen LogP contribution >= 0.6 is 11.3 Å². The Labute approximate surface area is 128 Å². The van der Waals surface area contributed by atoms with Crippen molar-refractivity contribution >= 4 is 22.8 Å². The lowest BCUT2D eigenvalue weighted by molar-refractivity contribution is 0.0855. The molecule has 0 radical (unpaired) electrons. The maximum Gasteiger partial charge on any atom is 0.186 e. The number of aromatic nitrogens is 1. The van der Waals surface area contributed by atoms with E-state index < -0.39 is 0 Å². The van der Waals surface area contributed by atoms with Gasteiger partial charge in [-0.15, -0.1) is 0 Å². The van der Waals surface area contributed by atoms with Crippen LogP contribution in [0.2, 0.25) is 0 Å². The third kappa shape index (κ3) is 2.99. The first-order valence-corrected chi connectivity index (χ1v) is 7.93. The van der Waals surface area contributed by atoms with Crippen molar-refractivity contribution in [2.75, 3.05) is 25.2 Å². The number of thiazole rings is 1. The zero-order chi connectivity index (χ0) is 14.7. The SMILES string of the molecule is CN(c1nc(-c2ccccc2)c(C=O)s1)C1CCOCC1. The number of rotatable bonds is 4. The van der Waals surface area contributed by atoms with Gasteiger partial charge in [0, 0.05) is 31.9 Å². The average molecular weight is 302 g/mol. The summed E-state index contributed by atoms with van der Waals surface area (Å²) < 4.78 is 5.41. The molecule has 2 aromatic rings. The number of anilines is 1. The minimum atomic E-state index is 0.438. The highest BCUT2D eigenvalue weighted by atomic mass is 32.1. The molecule has 0 N–H and O–H groups in total. The first kappa shape index (κ1) is 14.2. The van der Waals surface area contributed by atoms with Crippen molar-refractivity contribution in [3.05, 3.63) is 35.2 Å². The van der Waals surface area contributed by atoms with Crippen molar-refractivity contribution in [3.63, 3.8) is 0 Å². The number of carbonyl (C=O) groups is 1. The molecule has 0 bridgehead atoms. The van der Waals surface area contributed by atoms with Gasteiger partial charge in [0.05, 0.1) is 10.6 Å². The molecule has 3 rings (SSSR count). The Morgan fingerprint density at radius 2 is 2.00 bits per heavy atom. The summed E-state index contributed by atoms with van der Waals surface area (Å²) in [6.45, 7) is 1.60. The van der Waals surface area contributed by atoms with E-state index in [1.54, 1.807) is 0 Å². The van der Waals surface area contributed by atoms with Gasteiger partial charge in [0.1, 0.15) is 0 Å². The van der Waals surface area contributed by atoms with Gasteiger partial charge in [0.15, 0.2) is 11.4 Å². The van der Waals surface area contributed by atoms with E-state index in [4.69, 9.17) is 9.72 Å². The van der Waals surface area contributed by atoms with Crippen LogP contribution in [-0.4, -0.2) is 37.6 Å². The largest absolute Gasteiger partial charge is 0.381 e. The van der Waals surface area contributed by atoms with Gasteiger partial charge in [-0.3, -0.25) is 4.79 Å². The van der Waals surface area contributed by atoms with Crippen molar-refractivity contribution < 1.29 is 9.53 Å². The summed E-state index contributed by atoms with van der Waals surface area (Å²) >= 11 is 1.46. The molecule has 110 valence electrons. The van der Waals surface area contributed by atoms with E-state index in [0.717, 1.165) is 48.7 Å². The van der Waals surface area contributed by atoms with E-state index in [9.17, 15) is 4.79 Å². The molecule has 0 saturated carbocycles. The molecule has 0 unspecified atom stereocenters. The Morgan fingerprint density at radius 3 is 2.67 bits per heavy atom. The standard InChI is InChI=1S/C16H18N2O2S/c1-18(13-7-9-20-10-8-13)16-17-15(14(11-19)21-16)12-5-3-2-4-6-12/h2-6,11,13H,7-10H2,1H3. The van der Waals surface area contributed by atoms with Crippen LogP contribution in [0, 0.1) is 0 Å². The quantitative estimate of drug-likeness (QED) is 0.813. The molecule has 1 saturated heterocycles. The number of benzene rings is 1. The fourth-order valence-electron chi connectivity index (χ4n) is 2.58. The van der Waals surface area contributed by atoms with E-state index in [2.05, 4.69) is 11.9 Å². The summed E-state index contributed by atoms with van der Waals surface area (Å²) in [6.07, 6.45) is 2.92. The van der Waals surface area contributed by atoms with Crippen molar-refractivity contribution in [2.45, 2.75) is 18.9 Å². The summed E-state index contributed by atoms with van der Waals surface area (Å²) in [4.78, 5) is 18.9. The van der Waals surface area contributed by atoms with Crippen LogP contribution in [0.25, 0.3) is 11.3 Å². The smallest absolute Gasteiger partial charge is 0.186 e. The molecule has 5 heteroatoms. The topological polar surface area (TPSA) is 42.4 Å². The van der Waals surface area contributed by atoms with E-state index in [0.29, 0.717) is 10.9 Å². The van der Waals surface area contributed by atoms with E-state index in [-0.39, 0.29) is 0 Å². The second-order valence-corrected chi connectivity index (χ2v) is 6.16. The summed E-state index contributed by atoms with van der Waals surface area (Å²) in [7, 11) is 2.05. The molecule has 0 spiro atoms. The molecule has 0 amide bonds. The molecule has 1 fully saturated rings. The average Bonchev–Trinajstić information content (AvgIpc) is 3.00. The Hall–Kier alpha value is -1.72. The van der Waals surface area contributed by atoms with E-state index in [1.165, 1.54) is 11.3 Å². The maximum atomic E-state index is 11.3. The van der Waals surface area contributed by atoms with Crippen LogP contribution < -0.4 is 4.90 Å². The highest BCUT2D eigenvalue weighted by Crippen LogP contribution is 2.33. The predicted molar refractivity (Wildman–Crippen MR) is 85.2 cm³/mol. The molecular weight excluding hydrogens is 284 g/mol. The third-order valence-electron chi connectivity index (χ3n) is 3.84. The minimum Gasteiger partial charge on any atom is -0.381 e. The highest BCUT2D eigenvalue weighted by molar-refractivity contribution is 7.17. The number of ether oxygens (including phenoxy) is 1. The van der Waals surface area contributed by atoms with Gasteiger partial charge in [-0.1, -0.05) is 41.7 Å². The minimum absolute atomic E-state index is 0.438. The van der Waals surface area contributed by atoms with Crippen molar-refractivity contribution in [3.8, 4) is 11.3 Å². The maximum absolute atomic E-state index is 11.3. The van der Waals surface area contributed by atoms with E-state index in [1.807, 2.05) is 30.3 Å². The Bertz CT molecular complexity index is 606. The van der Waals surface area contributed by atoms with Crippen LogP contribution in [0.5, 0.6) is 0 Å². The zero-order valence-corrected chi connectivity index (χ0v) is 12.8. The molecule has 1 aromatic heterocycles. The van der Waals surface area contributed by atoms with Crippen LogP contribution in [0.1, 0.15) is 22.5 Å². The number of hydrogen-bond donors (Lipinski definition) is 0. The Morgan fingerprint density at radius 1 is 1.29 bits per heavy atom. The molecule has 0 atom stereocenters. The van der Waals surface area contributed by atoms with Gasteiger partial charge >= 0.3 is 0 Å². The molecule has 1 aliphatic heterocycles. The normalized spacial score (nSPS) is 15.9. The Kier molecular flexibility index (Phi) is 4.31. The van der Waals surface area contributed by atoms with Crippen molar-refractivity contribution in [1.29, 1.82) is 0 Å². The number of aldehydes is 1. The van der Waals surface area contributed by atoms with Gasteiger partial charge in [0.2, 0.25) is 0 Å². The molecular formula is C16H18N2O2S. The van der Waals surface area contributed by atoms with Gasteiger partial charge in [-0.2, -0.15) is 0 Å². The molecule has 1 aromatic carbocycles. The first-order chi connectivity index (χ1) is 10.3. The fraction of sp³-hybridized carbons (Fsp3) is 0.375. The lowest BCUT2D eigenvalue weighted by Crippen LogP contribution is -2.36. The highest BCUT2D eigenvalue weighted by Gasteiger charge is 2.22. The molecule has 0 aliphatic carbocycles. The number of carbonyl (C=O) groups excluding carboxylic acids is 1. The molecule has 1 aliphatic rings. The summed E-state index contributed by atoms with van der Waals surface area (Å²) in [5.41, 5.74) is 1.77. The Balaban J connectivity index is 1.90. The van der Waals surface area contributed by atoms with Gasteiger partial charge in [-0.05, 0) is 12.8 Å². The van der Waals surface area contributed by atoms with Crippen molar-refractivity contribution in [1.82, 2.24) is 4.98 Å². The van der Waals surface area contributed by atoms with Crippen molar-refractivity contribution in [2.24, 2.45) is 0 Å².